The molecule has 1 aromatic carbocycles. The van der Waals surface area contributed by atoms with E-state index >= 15 is 0 Å². The molecule has 3 atom stereocenters. The van der Waals surface area contributed by atoms with Crippen LogP contribution in [0.5, 0.6) is 0 Å². The van der Waals surface area contributed by atoms with E-state index in [0.29, 0.717) is 63.8 Å². The van der Waals surface area contributed by atoms with E-state index in [1.54, 1.807) is 24.4 Å². The number of carboxylic acids is 1. The zero-order chi connectivity index (χ0) is 25.8. The van der Waals surface area contributed by atoms with Crippen LogP contribution in [0.3, 0.4) is 0 Å². The van der Waals surface area contributed by atoms with Gasteiger partial charge in [0.1, 0.15) is 6.04 Å². The van der Waals surface area contributed by atoms with Gasteiger partial charge >= 0.3 is 11.9 Å². The van der Waals surface area contributed by atoms with E-state index in [9.17, 15) is 14.7 Å². The van der Waals surface area contributed by atoms with Crippen molar-refractivity contribution < 1.29 is 24.2 Å². The maximum Gasteiger partial charge on any atom is 0.338 e. The summed E-state index contributed by atoms with van der Waals surface area (Å²) in [5.41, 5.74) is 1.51. The van der Waals surface area contributed by atoms with E-state index in [0.717, 1.165) is 0 Å². The van der Waals surface area contributed by atoms with Crippen LogP contribution in [0.4, 0.5) is 0 Å². The minimum Gasteiger partial charge on any atom is -0.481 e. The number of carbonyl (C=O) groups excluding carboxylic acids is 1. The predicted octanol–water partition coefficient (Wildman–Crippen LogP) is 3.92. The smallest absolute Gasteiger partial charge is 0.338 e. The Morgan fingerprint density at radius 1 is 1.36 bits per heavy atom. The van der Waals surface area contributed by atoms with Crippen LogP contribution in [-0.4, -0.2) is 71.7 Å². The molecule has 0 spiro atoms. The summed E-state index contributed by atoms with van der Waals surface area (Å²) in [6, 6.07) is 4.15. The fourth-order valence-corrected chi connectivity index (χ4v) is 5.59. The monoisotopic (exact) mass is 552 g/mol. The van der Waals surface area contributed by atoms with Gasteiger partial charge in [-0.3, -0.25) is 14.7 Å². The van der Waals surface area contributed by atoms with Gasteiger partial charge in [0.05, 0.1) is 25.4 Å². The topological polar surface area (TPSA) is 113 Å². The molecule has 1 fully saturated rings. The number of thiazole rings is 1. The van der Waals surface area contributed by atoms with Crippen LogP contribution in [0.25, 0.3) is 0 Å². The number of methoxy groups -OCH3 is 1. The van der Waals surface area contributed by atoms with Crippen molar-refractivity contribution >= 4 is 52.3 Å². The molecule has 0 aliphatic carbocycles. The predicted molar refractivity (Wildman–Crippen MR) is 138 cm³/mol. The fraction of sp³-hybridized carbons (Fsp3) is 0.417. The molecule has 4 rings (SSSR count). The Morgan fingerprint density at radius 3 is 2.83 bits per heavy atom. The van der Waals surface area contributed by atoms with Gasteiger partial charge in [-0.1, -0.05) is 29.3 Å². The first-order chi connectivity index (χ1) is 17.3. The number of carbonyl (C=O) groups is 2. The van der Waals surface area contributed by atoms with Crippen molar-refractivity contribution in [3.8, 4) is 0 Å². The van der Waals surface area contributed by atoms with Crippen molar-refractivity contribution in [1.82, 2.24) is 15.2 Å². The number of hydrogen-bond acceptors (Lipinski definition) is 9. The number of carboxylic acid groups (broad SMARTS) is 1. The van der Waals surface area contributed by atoms with Crippen molar-refractivity contribution in [3.63, 3.8) is 0 Å². The number of aromatic nitrogens is 1. The van der Waals surface area contributed by atoms with Crippen LogP contribution in [0.2, 0.25) is 10.0 Å². The van der Waals surface area contributed by atoms with E-state index < -0.39 is 18.0 Å². The molecule has 0 saturated carbocycles. The largest absolute Gasteiger partial charge is 0.481 e. The van der Waals surface area contributed by atoms with Gasteiger partial charge in [0, 0.05) is 58.4 Å². The Kier molecular flexibility index (Phi) is 8.63. The highest BCUT2D eigenvalue weighted by molar-refractivity contribution is 7.11. The van der Waals surface area contributed by atoms with Crippen LogP contribution in [0, 0.1) is 0 Å². The molecule has 0 radical (unpaired) electrons. The minimum atomic E-state index is -0.867. The summed E-state index contributed by atoms with van der Waals surface area (Å²) in [4.78, 5) is 35.7. The van der Waals surface area contributed by atoms with Gasteiger partial charge in [0.15, 0.2) is 10.8 Å². The van der Waals surface area contributed by atoms with E-state index in [-0.39, 0.29) is 18.6 Å². The Balaban J connectivity index is 1.78. The summed E-state index contributed by atoms with van der Waals surface area (Å²) >= 11 is 14.1. The average Bonchev–Trinajstić information content (AvgIpc) is 3.38. The number of benzene rings is 1. The maximum atomic E-state index is 13.1. The number of nitrogens with one attached hydrogen (secondary N) is 1. The molecule has 9 nitrogen and oxygen atoms in total. The molecule has 0 bridgehead atoms. The number of hydrogen-bond donors (Lipinski definition) is 2. The number of aliphatic imine (C=N–C) groups is 1. The van der Waals surface area contributed by atoms with E-state index in [1.807, 2.05) is 12.3 Å². The summed E-state index contributed by atoms with van der Waals surface area (Å²) in [5, 5.41) is 15.9. The molecule has 36 heavy (non-hydrogen) atoms. The summed E-state index contributed by atoms with van der Waals surface area (Å²) < 4.78 is 11.0. The number of esters is 1. The normalized spacial score (nSPS) is 22.7. The second-order valence-corrected chi connectivity index (χ2v) is 10.2. The third kappa shape index (κ3) is 5.90. The minimum absolute atomic E-state index is 0.0139. The molecule has 3 heterocycles. The molecule has 2 aliphatic heterocycles. The van der Waals surface area contributed by atoms with E-state index in [1.165, 1.54) is 18.4 Å². The molecule has 1 saturated heterocycles. The van der Waals surface area contributed by atoms with Crippen molar-refractivity contribution in [2.45, 2.75) is 38.0 Å². The highest BCUT2D eigenvalue weighted by atomic mass is 35.5. The molecule has 0 unspecified atom stereocenters. The van der Waals surface area contributed by atoms with Crippen molar-refractivity contribution in [2.24, 2.45) is 4.99 Å². The Hall–Kier alpha value is -2.50. The highest BCUT2D eigenvalue weighted by Gasteiger charge is 2.37. The van der Waals surface area contributed by atoms with Crippen LogP contribution < -0.4 is 5.32 Å². The highest BCUT2D eigenvalue weighted by Crippen LogP contribution is 2.38. The summed E-state index contributed by atoms with van der Waals surface area (Å²) in [6.07, 6.45) is 1.94. The van der Waals surface area contributed by atoms with Crippen LogP contribution >= 0.6 is 34.5 Å². The quantitative estimate of drug-likeness (QED) is 0.473. The summed E-state index contributed by atoms with van der Waals surface area (Å²) in [5.74, 6) is -0.903. The van der Waals surface area contributed by atoms with Crippen molar-refractivity contribution in [3.05, 3.63) is 61.7 Å². The standard InChI is InChI=1S/C24H26Cl2N4O5S/c1-13-18(5-6-19(31)32)30(8-9-35-13)12-17-20(24(33)34-2)21(15-4-3-14(25)11-16(15)26)29-22(28-17)23-27-7-10-36-23/h3-4,7,10-11,13,18,21H,5-6,8-9,12H2,1-2H3,(H,28,29)(H,31,32)/t13-,18-,21-/m0/s1. The van der Waals surface area contributed by atoms with Crippen LogP contribution in [-0.2, 0) is 19.1 Å². The summed E-state index contributed by atoms with van der Waals surface area (Å²) in [6.45, 7) is 3.33. The van der Waals surface area contributed by atoms with Gasteiger partial charge in [0.2, 0.25) is 0 Å². The van der Waals surface area contributed by atoms with Gasteiger partial charge in [0.25, 0.3) is 0 Å². The lowest BCUT2D eigenvalue weighted by Gasteiger charge is -2.41. The molecule has 1 aromatic heterocycles. The number of rotatable bonds is 8. The molecule has 2 aliphatic rings. The first-order valence-electron chi connectivity index (χ1n) is 11.4. The zero-order valence-corrected chi connectivity index (χ0v) is 22.1. The second-order valence-electron chi connectivity index (χ2n) is 8.44. The molecular weight excluding hydrogens is 527 g/mol. The van der Waals surface area contributed by atoms with Crippen LogP contribution in [0.15, 0.2) is 46.0 Å². The lowest BCUT2D eigenvalue weighted by molar-refractivity contribution is -0.138. The molecule has 2 aromatic rings. The third-order valence-electron chi connectivity index (χ3n) is 6.21. The van der Waals surface area contributed by atoms with E-state index in [2.05, 4.69) is 15.2 Å². The number of aliphatic carboxylic acids is 1. The first kappa shape index (κ1) is 26.6. The number of ether oxygens (including phenoxy) is 2. The molecule has 192 valence electrons. The van der Waals surface area contributed by atoms with Gasteiger partial charge in [-0.05, 0) is 25.5 Å². The van der Waals surface area contributed by atoms with Gasteiger partial charge in [-0.2, -0.15) is 0 Å². The van der Waals surface area contributed by atoms with Gasteiger partial charge < -0.3 is 19.9 Å². The van der Waals surface area contributed by atoms with Crippen LogP contribution in [0.1, 0.15) is 36.4 Å². The average molecular weight is 553 g/mol. The number of morpholine rings is 1. The fourth-order valence-electron chi connectivity index (χ4n) is 4.49. The third-order valence-corrected chi connectivity index (χ3v) is 7.55. The Morgan fingerprint density at radius 2 is 2.17 bits per heavy atom. The molecule has 0 amide bonds. The second kappa shape index (κ2) is 11.7. The van der Waals surface area contributed by atoms with E-state index in [4.69, 9.17) is 37.7 Å². The number of nitrogens with zero attached hydrogens (tertiary/aromatic N) is 3. The molecular formula is C24H26Cl2N4O5S. The maximum absolute atomic E-state index is 13.1. The Labute approximate surface area is 222 Å². The Bertz CT molecular complexity index is 1190. The lowest BCUT2D eigenvalue weighted by Crippen LogP contribution is -2.52. The summed E-state index contributed by atoms with van der Waals surface area (Å²) in [7, 11) is 1.32. The first-order valence-corrected chi connectivity index (χ1v) is 13.0. The zero-order valence-electron chi connectivity index (χ0n) is 19.7. The lowest BCUT2D eigenvalue weighted by atomic mass is 9.94. The van der Waals surface area contributed by atoms with Gasteiger partial charge in [-0.15, -0.1) is 11.3 Å². The number of halogens is 2. The number of amidine groups is 1. The molecule has 2 N–H and O–H groups in total. The SMILES string of the molecule is COC(=O)C1=C(CN2CCO[C@@H](C)[C@@H]2CCC(=O)O)NC(c2nccs2)=N[C@H]1c1ccc(Cl)cc1Cl. The molecule has 12 heteroatoms. The van der Waals surface area contributed by atoms with Crippen molar-refractivity contribution in [2.75, 3.05) is 26.8 Å². The van der Waals surface area contributed by atoms with Crippen molar-refractivity contribution in [1.29, 1.82) is 0 Å². The van der Waals surface area contributed by atoms with Gasteiger partial charge in [-0.25, -0.2) is 9.78 Å².